The monoisotopic (exact) mass is 400 g/mol. The molecule has 0 spiro atoms. The first-order chi connectivity index (χ1) is 14.2. The van der Waals surface area contributed by atoms with E-state index in [4.69, 9.17) is 4.74 Å². The molecule has 162 valence electrons. The lowest BCUT2D eigenvalue weighted by Gasteiger charge is -2.07. The number of esters is 1. The van der Waals surface area contributed by atoms with E-state index in [1.807, 2.05) is 13.0 Å². The van der Waals surface area contributed by atoms with Crippen LogP contribution in [0, 0.1) is 0 Å². The Balaban J connectivity index is 3.58. The number of ether oxygens (including phenoxy) is 1. The number of allylic oxidation sites excluding steroid dienone is 12. The van der Waals surface area contributed by atoms with Gasteiger partial charge in [-0.05, 0) is 51.4 Å². The van der Waals surface area contributed by atoms with Gasteiger partial charge in [0.05, 0.1) is 6.10 Å². The molecule has 0 saturated carbocycles. The van der Waals surface area contributed by atoms with Crippen LogP contribution in [-0.4, -0.2) is 23.8 Å². The molecule has 1 unspecified atom stereocenters. The molecule has 3 heteroatoms. The molecular formula is C26H40O3. The first-order valence-electron chi connectivity index (χ1n) is 10.9. The summed E-state index contributed by atoms with van der Waals surface area (Å²) in [5.41, 5.74) is 0. The standard InChI is InChI=1S/C26H40O3/c1-3-5-6-7-8-9-10-11-12-13-14-15-16-17-18-19-20-21-22-23-26(28)29-24-25(27)4-2/h5-6,8-9,11-12,14-15,17-18,20-21,25,27H,3-4,7,10,13,16,19,22-24H2,1-2H3/b6-5-,9-8-,12-11-,15-14-,18-17-,21-20-. The number of carbonyl (C=O) groups excluding carboxylic acids is 1. The second-order valence-corrected chi connectivity index (χ2v) is 6.70. The van der Waals surface area contributed by atoms with Crippen molar-refractivity contribution in [3.8, 4) is 0 Å². The van der Waals surface area contributed by atoms with Crippen molar-refractivity contribution < 1.29 is 14.6 Å². The van der Waals surface area contributed by atoms with Crippen molar-refractivity contribution in [2.45, 2.75) is 77.7 Å². The van der Waals surface area contributed by atoms with Crippen LogP contribution >= 0.6 is 0 Å². The summed E-state index contributed by atoms with van der Waals surface area (Å²) in [6, 6.07) is 0. The largest absolute Gasteiger partial charge is 0.463 e. The molecule has 0 saturated heterocycles. The molecule has 0 radical (unpaired) electrons. The fourth-order valence-corrected chi connectivity index (χ4v) is 2.22. The van der Waals surface area contributed by atoms with Gasteiger partial charge in [-0.15, -0.1) is 0 Å². The fourth-order valence-electron chi connectivity index (χ4n) is 2.22. The predicted octanol–water partition coefficient (Wildman–Crippen LogP) is 6.78. The highest BCUT2D eigenvalue weighted by atomic mass is 16.5. The van der Waals surface area contributed by atoms with Crippen molar-refractivity contribution in [2.75, 3.05) is 6.61 Å². The van der Waals surface area contributed by atoms with Gasteiger partial charge in [0.15, 0.2) is 0 Å². The summed E-state index contributed by atoms with van der Waals surface area (Å²) >= 11 is 0. The molecule has 0 aromatic carbocycles. The minimum atomic E-state index is -0.551. The number of rotatable bonds is 17. The maximum Gasteiger partial charge on any atom is 0.306 e. The minimum absolute atomic E-state index is 0.0963. The van der Waals surface area contributed by atoms with Gasteiger partial charge in [-0.1, -0.05) is 86.8 Å². The minimum Gasteiger partial charge on any atom is -0.463 e. The molecule has 0 bridgehead atoms. The molecule has 0 aliphatic rings. The topological polar surface area (TPSA) is 46.5 Å². The smallest absolute Gasteiger partial charge is 0.306 e. The zero-order valence-electron chi connectivity index (χ0n) is 18.3. The quantitative estimate of drug-likeness (QED) is 0.216. The number of carbonyl (C=O) groups is 1. The van der Waals surface area contributed by atoms with Gasteiger partial charge in [0.2, 0.25) is 0 Å². The maximum absolute atomic E-state index is 11.4. The molecule has 0 aromatic rings. The molecule has 0 rings (SSSR count). The zero-order chi connectivity index (χ0) is 21.4. The van der Waals surface area contributed by atoms with Crippen LogP contribution < -0.4 is 0 Å². The van der Waals surface area contributed by atoms with E-state index in [2.05, 4.69) is 73.8 Å². The molecule has 3 nitrogen and oxygen atoms in total. The first-order valence-corrected chi connectivity index (χ1v) is 10.9. The SMILES string of the molecule is CC/C=C\C/C=C\C/C=C\C/C=C\C/C=C\C/C=C\CCC(=O)OCC(O)CC. The van der Waals surface area contributed by atoms with Gasteiger partial charge in [-0.25, -0.2) is 0 Å². The molecule has 0 aliphatic carbocycles. The summed E-state index contributed by atoms with van der Waals surface area (Å²) in [5, 5.41) is 9.33. The van der Waals surface area contributed by atoms with E-state index in [1.54, 1.807) is 0 Å². The van der Waals surface area contributed by atoms with Crippen molar-refractivity contribution >= 4 is 5.97 Å². The lowest BCUT2D eigenvalue weighted by Crippen LogP contribution is -2.17. The summed E-state index contributed by atoms with van der Waals surface area (Å²) in [6.07, 6.45) is 32.9. The third kappa shape index (κ3) is 22.0. The third-order valence-corrected chi connectivity index (χ3v) is 4.02. The van der Waals surface area contributed by atoms with Gasteiger partial charge >= 0.3 is 5.97 Å². The molecular weight excluding hydrogens is 360 g/mol. The average Bonchev–Trinajstić information content (AvgIpc) is 2.73. The Labute approximate surface area is 178 Å². The number of aliphatic hydroxyl groups excluding tert-OH is 1. The van der Waals surface area contributed by atoms with E-state index in [9.17, 15) is 9.90 Å². The van der Waals surface area contributed by atoms with Gasteiger partial charge in [-0.3, -0.25) is 4.79 Å². The van der Waals surface area contributed by atoms with Crippen LogP contribution in [0.15, 0.2) is 72.9 Å². The van der Waals surface area contributed by atoms with Crippen LogP contribution in [0.3, 0.4) is 0 Å². The van der Waals surface area contributed by atoms with Crippen LogP contribution in [0.4, 0.5) is 0 Å². The summed E-state index contributed by atoms with van der Waals surface area (Å²) < 4.78 is 4.98. The van der Waals surface area contributed by atoms with E-state index in [0.29, 0.717) is 19.3 Å². The summed E-state index contributed by atoms with van der Waals surface area (Å²) in [4.78, 5) is 11.4. The molecule has 0 aliphatic heterocycles. The molecule has 29 heavy (non-hydrogen) atoms. The Kier molecular flexibility index (Phi) is 20.5. The highest BCUT2D eigenvalue weighted by Crippen LogP contribution is 2.00. The molecule has 0 amide bonds. The van der Waals surface area contributed by atoms with Crippen molar-refractivity contribution in [1.29, 1.82) is 0 Å². The Morgan fingerprint density at radius 3 is 1.55 bits per heavy atom. The summed E-state index contributed by atoms with van der Waals surface area (Å²) in [5.74, 6) is -0.253. The van der Waals surface area contributed by atoms with Gasteiger partial charge in [0.1, 0.15) is 6.61 Å². The third-order valence-electron chi connectivity index (χ3n) is 4.02. The second-order valence-electron chi connectivity index (χ2n) is 6.70. The highest BCUT2D eigenvalue weighted by molar-refractivity contribution is 5.69. The van der Waals surface area contributed by atoms with E-state index in [-0.39, 0.29) is 12.6 Å². The molecule has 0 fully saturated rings. The Hall–Kier alpha value is -2.13. The molecule has 1 atom stereocenters. The normalized spacial score (nSPS) is 13.9. The summed E-state index contributed by atoms with van der Waals surface area (Å²) in [7, 11) is 0. The predicted molar refractivity (Wildman–Crippen MR) is 125 cm³/mol. The highest BCUT2D eigenvalue weighted by Gasteiger charge is 2.05. The van der Waals surface area contributed by atoms with Gasteiger partial charge in [0.25, 0.3) is 0 Å². The number of hydrogen-bond acceptors (Lipinski definition) is 3. The van der Waals surface area contributed by atoms with E-state index in [0.717, 1.165) is 38.5 Å². The second kappa shape index (κ2) is 22.2. The molecule has 0 aromatic heterocycles. The molecule has 1 N–H and O–H groups in total. The van der Waals surface area contributed by atoms with E-state index < -0.39 is 6.10 Å². The van der Waals surface area contributed by atoms with Crippen LogP contribution in [0.5, 0.6) is 0 Å². The van der Waals surface area contributed by atoms with Crippen molar-refractivity contribution in [1.82, 2.24) is 0 Å². The zero-order valence-corrected chi connectivity index (χ0v) is 18.3. The van der Waals surface area contributed by atoms with E-state index >= 15 is 0 Å². The Morgan fingerprint density at radius 2 is 1.14 bits per heavy atom. The number of hydrogen-bond donors (Lipinski definition) is 1. The van der Waals surface area contributed by atoms with Gasteiger partial charge in [-0.2, -0.15) is 0 Å². The number of aliphatic hydroxyl groups is 1. The average molecular weight is 401 g/mol. The van der Waals surface area contributed by atoms with Crippen molar-refractivity contribution in [2.24, 2.45) is 0 Å². The lowest BCUT2D eigenvalue weighted by atomic mass is 10.2. The molecule has 0 heterocycles. The lowest BCUT2D eigenvalue weighted by molar-refractivity contribution is -0.146. The fraction of sp³-hybridized carbons (Fsp3) is 0.500. The Bertz CT molecular complexity index is 550. The summed E-state index contributed by atoms with van der Waals surface area (Å²) in [6.45, 7) is 4.10. The van der Waals surface area contributed by atoms with Crippen molar-refractivity contribution in [3.05, 3.63) is 72.9 Å². The van der Waals surface area contributed by atoms with Crippen LogP contribution in [0.25, 0.3) is 0 Å². The van der Waals surface area contributed by atoms with Crippen LogP contribution in [-0.2, 0) is 9.53 Å². The first kappa shape index (κ1) is 26.9. The van der Waals surface area contributed by atoms with Gasteiger partial charge in [0, 0.05) is 6.42 Å². The maximum atomic E-state index is 11.4. The Morgan fingerprint density at radius 1 is 0.724 bits per heavy atom. The van der Waals surface area contributed by atoms with Crippen LogP contribution in [0.2, 0.25) is 0 Å². The van der Waals surface area contributed by atoms with Crippen LogP contribution in [0.1, 0.15) is 71.6 Å². The van der Waals surface area contributed by atoms with Crippen molar-refractivity contribution in [3.63, 3.8) is 0 Å². The van der Waals surface area contributed by atoms with E-state index in [1.165, 1.54) is 0 Å². The van der Waals surface area contributed by atoms with Gasteiger partial charge < -0.3 is 9.84 Å².